The number of para-hydroxylation sites is 2. The molecule has 0 unspecified atom stereocenters. The molecule has 0 saturated carbocycles. The molecule has 37 heavy (non-hydrogen) atoms. The van der Waals surface area contributed by atoms with Crippen molar-refractivity contribution in [3.05, 3.63) is 71.7 Å². The lowest BCUT2D eigenvalue weighted by molar-refractivity contribution is 0.215. The van der Waals surface area contributed by atoms with E-state index < -0.39 is 0 Å². The molecule has 3 heterocycles. The number of amides is 2. The minimum atomic E-state index is -0.0460. The number of hydrogen-bond donors (Lipinski definition) is 1. The van der Waals surface area contributed by atoms with Crippen LogP contribution in [0.25, 0.3) is 16.7 Å². The average molecular weight is 498 g/mol. The molecule has 1 aliphatic rings. The van der Waals surface area contributed by atoms with Crippen molar-refractivity contribution in [2.24, 2.45) is 0 Å². The van der Waals surface area contributed by atoms with Crippen LogP contribution >= 0.6 is 0 Å². The van der Waals surface area contributed by atoms with Gasteiger partial charge in [-0.1, -0.05) is 50.2 Å². The van der Waals surface area contributed by atoms with Crippen molar-refractivity contribution >= 4 is 28.6 Å². The maximum absolute atomic E-state index is 13.2. The molecule has 0 atom stereocenters. The van der Waals surface area contributed by atoms with Crippen LogP contribution in [0.2, 0.25) is 0 Å². The summed E-state index contributed by atoms with van der Waals surface area (Å²) >= 11 is 0. The first-order chi connectivity index (χ1) is 18.1. The van der Waals surface area contributed by atoms with Crippen molar-refractivity contribution in [2.75, 3.05) is 36.4 Å². The Hall–Kier alpha value is -3.94. The minimum absolute atomic E-state index is 0.0460. The average Bonchev–Trinajstić information content (AvgIpc) is 3.09. The van der Waals surface area contributed by atoms with Crippen molar-refractivity contribution in [1.29, 1.82) is 0 Å². The maximum Gasteiger partial charge on any atom is 0.321 e. The number of aryl methyl sites for hydroxylation is 3. The number of carbonyl (C=O) groups is 1. The summed E-state index contributed by atoms with van der Waals surface area (Å²) < 4.78 is 1.93. The highest BCUT2D eigenvalue weighted by atomic mass is 16.2. The first-order valence-corrected chi connectivity index (χ1v) is 13.3. The van der Waals surface area contributed by atoms with Gasteiger partial charge in [0.25, 0.3) is 0 Å². The Balaban J connectivity index is 1.43. The van der Waals surface area contributed by atoms with E-state index in [0.717, 1.165) is 77.5 Å². The predicted octanol–water partition coefficient (Wildman–Crippen LogP) is 5.38. The summed E-state index contributed by atoms with van der Waals surface area (Å²) in [5.74, 6) is 1.75. The second kappa shape index (κ2) is 11.0. The molecule has 8 nitrogen and oxygen atoms in total. The number of nitrogens with one attached hydrogen (secondary N) is 1. The zero-order chi connectivity index (χ0) is 25.8. The van der Waals surface area contributed by atoms with Gasteiger partial charge in [0.2, 0.25) is 0 Å². The summed E-state index contributed by atoms with van der Waals surface area (Å²) in [4.78, 5) is 27.3. The zero-order valence-electron chi connectivity index (χ0n) is 21.9. The van der Waals surface area contributed by atoms with E-state index in [2.05, 4.69) is 30.1 Å². The third-order valence-electron chi connectivity index (χ3n) is 6.93. The topological polar surface area (TPSA) is 79.2 Å². The molecule has 2 aromatic carbocycles. The Morgan fingerprint density at radius 3 is 2.51 bits per heavy atom. The number of aromatic nitrogens is 4. The van der Waals surface area contributed by atoms with Crippen molar-refractivity contribution in [1.82, 2.24) is 24.6 Å². The van der Waals surface area contributed by atoms with E-state index in [1.54, 1.807) is 0 Å². The molecule has 1 saturated heterocycles. The Morgan fingerprint density at radius 2 is 1.73 bits per heavy atom. The fourth-order valence-electron chi connectivity index (χ4n) is 5.00. The fraction of sp³-hybridized carbons (Fsp3) is 0.379. The number of carbonyl (C=O) groups excluding carboxylic acids is 1. The van der Waals surface area contributed by atoms with Gasteiger partial charge in [-0.25, -0.2) is 19.4 Å². The molecule has 1 fully saturated rings. The molecular formula is C29H35N7O. The van der Waals surface area contributed by atoms with E-state index in [1.165, 1.54) is 0 Å². The van der Waals surface area contributed by atoms with Crippen LogP contribution in [-0.4, -0.2) is 56.9 Å². The quantitative estimate of drug-likeness (QED) is 0.387. The number of urea groups is 1. The Morgan fingerprint density at radius 1 is 0.946 bits per heavy atom. The van der Waals surface area contributed by atoms with Crippen LogP contribution in [0.5, 0.6) is 0 Å². The maximum atomic E-state index is 13.2. The first kappa shape index (κ1) is 24.7. The van der Waals surface area contributed by atoms with Crippen LogP contribution in [-0.2, 0) is 12.8 Å². The number of nitrogens with zero attached hydrogens (tertiary/aromatic N) is 6. The van der Waals surface area contributed by atoms with E-state index in [9.17, 15) is 4.79 Å². The van der Waals surface area contributed by atoms with Crippen molar-refractivity contribution in [3.63, 3.8) is 0 Å². The van der Waals surface area contributed by atoms with Gasteiger partial charge in [-0.3, -0.25) is 0 Å². The zero-order valence-corrected chi connectivity index (χ0v) is 21.9. The van der Waals surface area contributed by atoms with E-state index in [0.29, 0.717) is 19.6 Å². The minimum Gasteiger partial charge on any atom is -0.354 e. The molecule has 1 aliphatic heterocycles. The lowest BCUT2D eigenvalue weighted by Crippen LogP contribution is -2.38. The molecule has 1 N–H and O–H groups in total. The van der Waals surface area contributed by atoms with E-state index in [4.69, 9.17) is 15.1 Å². The molecule has 2 amide bonds. The smallest absolute Gasteiger partial charge is 0.321 e. The summed E-state index contributed by atoms with van der Waals surface area (Å²) in [7, 11) is 0. The molecule has 4 aromatic rings. The van der Waals surface area contributed by atoms with Crippen LogP contribution in [0.4, 0.5) is 16.3 Å². The normalized spacial score (nSPS) is 14.1. The van der Waals surface area contributed by atoms with Gasteiger partial charge in [-0.05, 0) is 49.9 Å². The molecule has 0 spiro atoms. The van der Waals surface area contributed by atoms with Crippen LogP contribution in [0.1, 0.15) is 43.8 Å². The lowest BCUT2D eigenvalue weighted by Gasteiger charge is -2.24. The van der Waals surface area contributed by atoms with Gasteiger partial charge in [0, 0.05) is 38.3 Å². The molecule has 5 rings (SSSR count). The Kier molecular flexibility index (Phi) is 7.35. The molecule has 0 radical (unpaired) electrons. The Bertz CT molecular complexity index is 1380. The van der Waals surface area contributed by atoms with Crippen molar-refractivity contribution < 1.29 is 4.79 Å². The number of benzene rings is 2. The summed E-state index contributed by atoms with van der Waals surface area (Å²) in [6, 6.07) is 18.1. The van der Waals surface area contributed by atoms with Crippen molar-refractivity contribution in [2.45, 2.75) is 46.5 Å². The SMILES string of the molecule is CCCc1nc(N2CCCN(C(=O)Nc3ccccc3CC)CC2)c2c(C)nn(-c3ccccc3)c2n1. The number of fused-ring (bicyclic) bond motifs is 1. The summed E-state index contributed by atoms with van der Waals surface area (Å²) in [5.41, 5.74) is 4.77. The van der Waals surface area contributed by atoms with E-state index in [-0.39, 0.29) is 6.03 Å². The second-order valence-corrected chi connectivity index (χ2v) is 9.51. The third-order valence-corrected chi connectivity index (χ3v) is 6.93. The van der Waals surface area contributed by atoms with Crippen LogP contribution in [0, 0.1) is 6.92 Å². The second-order valence-electron chi connectivity index (χ2n) is 9.51. The van der Waals surface area contributed by atoms with Crippen LogP contribution < -0.4 is 10.2 Å². The first-order valence-electron chi connectivity index (χ1n) is 13.3. The number of anilines is 2. The van der Waals surface area contributed by atoms with Gasteiger partial charge in [0.05, 0.1) is 16.8 Å². The van der Waals surface area contributed by atoms with Gasteiger partial charge in [-0.2, -0.15) is 5.10 Å². The Labute approximate surface area is 218 Å². The number of hydrogen-bond acceptors (Lipinski definition) is 5. The van der Waals surface area contributed by atoms with Gasteiger partial charge in [0.15, 0.2) is 5.65 Å². The molecule has 8 heteroatoms. The molecule has 0 bridgehead atoms. The molecule has 2 aromatic heterocycles. The standard InChI is InChI=1S/C29H35N7O/c1-4-12-25-31-27(26-21(3)33-36(28(26)32-25)23-14-7-6-8-15-23)34-17-11-18-35(20-19-34)29(37)30-24-16-10-9-13-22(24)5-2/h6-10,13-16H,4-5,11-12,17-20H2,1-3H3,(H,30,37). The van der Waals surface area contributed by atoms with E-state index >= 15 is 0 Å². The van der Waals surface area contributed by atoms with Crippen LogP contribution in [0.15, 0.2) is 54.6 Å². The number of rotatable bonds is 6. The van der Waals surface area contributed by atoms with Gasteiger partial charge >= 0.3 is 6.03 Å². The van der Waals surface area contributed by atoms with Gasteiger partial charge in [-0.15, -0.1) is 0 Å². The highest BCUT2D eigenvalue weighted by Gasteiger charge is 2.25. The lowest BCUT2D eigenvalue weighted by atomic mass is 10.1. The summed E-state index contributed by atoms with van der Waals surface area (Å²) in [5, 5.41) is 8.97. The van der Waals surface area contributed by atoms with Crippen LogP contribution in [0.3, 0.4) is 0 Å². The molecule has 0 aliphatic carbocycles. The molecule has 192 valence electrons. The van der Waals surface area contributed by atoms with E-state index in [1.807, 2.05) is 65.0 Å². The van der Waals surface area contributed by atoms with Gasteiger partial charge in [0.1, 0.15) is 11.6 Å². The predicted molar refractivity (Wildman–Crippen MR) is 149 cm³/mol. The summed E-state index contributed by atoms with van der Waals surface area (Å²) in [6.45, 7) is 9.13. The largest absolute Gasteiger partial charge is 0.354 e. The molecular weight excluding hydrogens is 462 g/mol. The highest BCUT2D eigenvalue weighted by Crippen LogP contribution is 2.30. The van der Waals surface area contributed by atoms with Crippen molar-refractivity contribution in [3.8, 4) is 5.69 Å². The fourth-order valence-corrected chi connectivity index (χ4v) is 5.00. The third kappa shape index (κ3) is 5.14. The monoisotopic (exact) mass is 497 g/mol. The summed E-state index contributed by atoms with van der Waals surface area (Å²) in [6.07, 6.45) is 3.52. The highest BCUT2D eigenvalue weighted by molar-refractivity contribution is 5.92. The van der Waals surface area contributed by atoms with Gasteiger partial charge < -0.3 is 15.1 Å².